The summed E-state index contributed by atoms with van der Waals surface area (Å²) in [6, 6.07) is 5.86. The molecule has 1 atom stereocenters. The molecular formula is C14H19NO4. The summed E-state index contributed by atoms with van der Waals surface area (Å²) in [4.78, 5) is 22.1. The van der Waals surface area contributed by atoms with Crippen molar-refractivity contribution >= 4 is 11.9 Å². The summed E-state index contributed by atoms with van der Waals surface area (Å²) < 4.78 is 10.3. The van der Waals surface area contributed by atoms with Crippen molar-refractivity contribution in [1.29, 1.82) is 0 Å². The quantitative estimate of drug-likeness (QED) is 0.790. The van der Waals surface area contributed by atoms with Crippen LogP contribution in [-0.4, -0.2) is 24.6 Å². The first-order valence-corrected chi connectivity index (χ1v) is 6.09. The van der Waals surface area contributed by atoms with Gasteiger partial charge in [0.15, 0.2) is 6.10 Å². The van der Waals surface area contributed by atoms with Gasteiger partial charge in [-0.05, 0) is 38.0 Å². The van der Waals surface area contributed by atoms with Crippen LogP contribution in [0.25, 0.3) is 0 Å². The van der Waals surface area contributed by atoms with E-state index in [2.05, 4.69) is 0 Å². The molecule has 1 amide bonds. The Balaban J connectivity index is 2.40. The summed E-state index contributed by atoms with van der Waals surface area (Å²) in [6.07, 6.45) is -0.835. The lowest BCUT2D eigenvalue weighted by molar-refractivity contribution is -0.154. The van der Waals surface area contributed by atoms with Crippen molar-refractivity contribution < 1.29 is 19.1 Å². The van der Waals surface area contributed by atoms with E-state index in [9.17, 15) is 9.59 Å². The first-order chi connectivity index (χ1) is 8.90. The molecule has 19 heavy (non-hydrogen) atoms. The van der Waals surface area contributed by atoms with Crippen LogP contribution in [0, 0.1) is 13.8 Å². The van der Waals surface area contributed by atoms with E-state index >= 15 is 0 Å². The van der Waals surface area contributed by atoms with E-state index in [1.807, 2.05) is 32.0 Å². The fraction of sp³-hybridized carbons (Fsp3) is 0.429. The van der Waals surface area contributed by atoms with Gasteiger partial charge >= 0.3 is 5.97 Å². The zero-order chi connectivity index (χ0) is 14.4. The Morgan fingerprint density at radius 2 is 2.00 bits per heavy atom. The molecular weight excluding hydrogens is 246 g/mol. The Morgan fingerprint density at radius 3 is 2.63 bits per heavy atom. The van der Waals surface area contributed by atoms with Gasteiger partial charge in [0.1, 0.15) is 5.75 Å². The Labute approximate surface area is 112 Å². The summed E-state index contributed by atoms with van der Waals surface area (Å²) in [5.41, 5.74) is 7.09. The van der Waals surface area contributed by atoms with Crippen LogP contribution < -0.4 is 10.5 Å². The lowest BCUT2D eigenvalue weighted by Crippen LogP contribution is -2.30. The summed E-state index contributed by atoms with van der Waals surface area (Å²) in [7, 11) is 0. The van der Waals surface area contributed by atoms with E-state index in [0.717, 1.165) is 16.9 Å². The van der Waals surface area contributed by atoms with Crippen LogP contribution in [0.2, 0.25) is 0 Å². The van der Waals surface area contributed by atoms with Crippen LogP contribution in [0.4, 0.5) is 0 Å². The van der Waals surface area contributed by atoms with Gasteiger partial charge in [0.2, 0.25) is 0 Å². The Bertz CT molecular complexity index is 471. The zero-order valence-electron chi connectivity index (χ0n) is 11.4. The summed E-state index contributed by atoms with van der Waals surface area (Å²) in [6.45, 7) is 5.54. The topological polar surface area (TPSA) is 78.6 Å². The summed E-state index contributed by atoms with van der Waals surface area (Å²) in [5, 5.41) is 0. The number of ether oxygens (including phenoxy) is 2. The van der Waals surface area contributed by atoms with Crippen LogP contribution in [0.5, 0.6) is 5.75 Å². The first-order valence-electron chi connectivity index (χ1n) is 6.09. The SMILES string of the molecule is Cc1ccc(C)c(OCCC(=O)O[C@H](C)C(N)=O)c1. The molecule has 0 aliphatic rings. The van der Waals surface area contributed by atoms with Gasteiger partial charge in [0.05, 0.1) is 13.0 Å². The molecule has 1 aromatic rings. The predicted molar refractivity (Wildman–Crippen MR) is 70.8 cm³/mol. The number of carbonyl (C=O) groups excluding carboxylic acids is 2. The van der Waals surface area contributed by atoms with Crippen molar-refractivity contribution in [2.45, 2.75) is 33.3 Å². The highest BCUT2D eigenvalue weighted by molar-refractivity contribution is 5.81. The van der Waals surface area contributed by atoms with Crippen molar-refractivity contribution in [3.63, 3.8) is 0 Å². The maximum atomic E-state index is 11.4. The average molecular weight is 265 g/mol. The normalized spacial score (nSPS) is 11.7. The van der Waals surface area contributed by atoms with Crippen LogP contribution in [0.1, 0.15) is 24.5 Å². The smallest absolute Gasteiger partial charge is 0.310 e. The van der Waals surface area contributed by atoms with Gasteiger partial charge in [-0.25, -0.2) is 0 Å². The van der Waals surface area contributed by atoms with Gasteiger partial charge in [0, 0.05) is 0 Å². The van der Waals surface area contributed by atoms with Gasteiger partial charge in [-0.1, -0.05) is 12.1 Å². The molecule has 104 valence electrons. The number of hydrogen-bond acceptors (Lipinski definition) is 4. The number of rotatable bonds is 6. The number of hydrogen-bond donors (Lipinski definition) is 1. The fourth-order valence-electron chi connectivity index (χ4n) is 1.42. The molecule has 0 aromatic heterocycles. The van der Waals surface area contributed by atoms with Crippen LogP contribution in [-0.2, 0) is 14.3 Å². The molecule has 5 heteroatoms. The standard InChI is InChI=1S/C14H19NO4/c1-9-4-5-10(2)12(8-9)18-7-6-13(16)19-11(3)14(15)17/h4-5,8,11H,6-7H2,1-3H3,(H2,15,17)/t11-/m1/s1. The van der Waals surface area contributed by atoms with Crippen LogP contribution >= 0.6 is 0 Å². The number of primary amides is 1. The minimum Gasteiger partial charge on any atom is -0.493 e. The average Bonchev–Trinajstić information content (AvgIpc) is 2.33. The largest absolute Gasteiger partial charge is 0.493 e. The molecule has 0 aliphatic carbocycles. The highest BCUT2D eigenvalue weighted by Crippen LogP contribution is 2.19. The Kier molecular flexibility index (Phi) is 5.36. The number of nitrogens with two attached hydrogens (primary N) is 1. The van der Waals surface area contributed by atoms with E-state index in [4.69, 9.17) is 15.2 Å². The van der Waals surface area contributed by atoms with Crippen molar-refractivity contribution in [2.75, 3.05) is 6.61 Å². The van der Waals surface area contributed by atoms with E-state index in [1.165, 1.54) is 6.92 Å². The third-order valence-corrected chi connectivity index (χ3v) is 2.62. The fourth-order valence-corrected chi connectivity index (χ4v) is 1.42. The van der Waals surface area contributed by atoms with Crippen molar-refractivity contribution in [3.05, 3.63) is 29.3 Å². The molecule has 0 saturated heterocycles. The van der Waals surface area contributed by atoms with Gasteiger partial charge in [-0.15, -0.1) is 0 Å². The summed E-state index contributed by atoms with van der Waals surface area (Å²) >= 11 is 0. The molecule has 0 heterocycles. The van der Waals surface area contributed by atoms with Crippen LogP contribution in [0.3, 0.4) is 0 Å². The second-order valence-corrected chi connectivity index (χ2v) is 4.40. The van der Waals surface area contributed by atoms with Gasteiger partial charge in [-0.2, -0.15) is 0 Å². The molecule has 5 nitrogen and oxygen atoms in total. The highest BCUT2D eigenvalue weighted by Gasteiger charge is 2.14. The van der Waals surface area contributed by atoms with Crippen molar-refractivity contribution in [1.82, 2.24) is 0 Å². The molecule has 2 N–H and O–H groups in total. The van der Waals surface area contributed by atoms with Gasteiger partial charge < -0.3 is 15.2 Å². The van der Waals surface area contributed by atoms with Gasteiger partial charge in [0.25, 0.3) is 5.91 Å². The minimum absolute atomic E-state index is 0.0744. The maximum absolute atomic E-state index is 11.4. The molecule has 0 aliphatic heterocycles. The molecule has 0 radical (unpaired) electrons. The molecule has 0 saturated carbocycles. The molecule has 0 bridgehead atoms. The van der Waals surface area contributed by atoms with E-state index < -0.39 is 18.0 Å². The number of amides is 1. The van der Waals surface area contributed by atoms with Crippen molar-refractivity contribution in [3.8, 4) is 5.75 Å². The third kappa shape index (κ3) is 4.99. The number of esters is 1. The minimum atomic E-state index is -0.909. The van der Waals surface area contributed by atoms with E-state index in [1.54, 1.807) is 0 Å². The van der Waals surface area contributed by atoms with Crippen molar-refractivity contribution in [2.24, 2.45) is 5.73 Å². The Morgan fingerprint density at radius 1 is 1.32 bits per heavy atom. The lowest BCUT2D eigenvalue weighted by atomic mass is 10.1. The molecule has 0 unspecified atom stereocenters. The second kappa shape index (κ2) is 6.78. The van der Waals surface area contributed by atoms with E-state index in [-0.39, 0.29) is 13.0 Å². The molecule has 0 fully saturated rings. The Hall–Kier alpha value is -2.04. The molecule has 1 rings (SSSR count). The predicted octanol–water partition coefficient (Wildman–Crippen LogP) is 1.49. The van der Waals surface area contributed by atoms with E-state index in [0.29, 0.717) is 0 Å². The maximum Gasteiger partial charge on any atom is 0.310 e. The number of carbonyl (C=O) groups is 2. The monoisotopic (exact) mass is 265 g/mol. The zero-order valence-corrected chi connectivity index (χ0v) is 11.4. The third-order valence-electron chi connectivity index (χ3n) is 2.62. The second-order valence-electron chi connectivity index (χ2n) is 4.40. The molecule has 1 aromatic carbocycles. The molecule has 0 spiro atoms. The lowest BCUT2D eigenvalue weighted by Gasteiger charge is -2.11. The van der Waals surface area contributed by atoms with Gasteiger partial charge in [-0.3, -0.25) is 9.59 Å². The summed E-state index contributed by atoms with van der Waals surface area (Å²) in [5.74, 6) is -0.420. The van der Waals surface area contributed by atoms with Crippen LogP contribution in [0.15, 0.2) is 18.2 Å². The highest BCUT2D eigenvalue weighted by atomic mass is 16.5. The number of benzene rings is 1. The first kappa shape index (κ1) is 15.0. The number of aryl methyl sites for hydroxylation is 2.